The van der Waals surface area contributed by atoms with E-state index in [2.05, 4.69) is 17.6 Å². The van der Waals surface area contributed by atoms with Gasteiger partial charge in [0.2, 0.25) is 0 Å². The number of amides is 2. The lowest BCUT2D eigenvalue weighted by atomic mass is 10.0. The smallest absolute Gasteiger partial charge is 0.314 e. The molecule has 17 heavy (non-hydrogen) atoms. The molecule has 1 aliphatic rings. The molecule has 5 heteroatoms. The van der Waals surface area contributed by atoms with Crippen LogP contribution in [-0.4, -0.2) is 30.2 Å². The molecule has 0 bridgehead atoms. The molecule has 0 aliphatic heterocycles. The third-order valence-corrected chi connectivity index (χ3v) is 3.21. The third kappa shape index (κ3) is 5.56. The van der Waals surface area contributed by atoms with Gasteiger partial charge in [-0.05, 0) is 31.1 Å². The Labute approximate surface area is 102 Å². The van der Waals surface area contributed by atoms with Crippen LogP contribution in [-0.2, 0) is 4.79 Å². The molecular weight excluding hydrogens is 220 g/mol. The third-order valence-electron chi connectivity index (χ3n) is 3.21. The zero-order valence-electron chi connectivity index (χ0n) is 10.4. The lowest BCUT2D eigenvalue weighted by molar-refractivity contribution is -0.137. The fourth-order valence-electron chi connectivity index (χ4n) is 1.99. The van der Waals surface area contributed by atoms with Gasteiger partial charge >= 0.3 is 12.0 Å². The molecule has 0 radical (unpaired) electrons. The van der Waals surface area contributed by atoms with Gasteiger partial charge in [0, 0.05) is 19.5 Å². The van der Waals surface area contributed by atoms with Crippen LogP contribution in [0.2, 0.25) is 0 Å². The van der Waals surface area contributed by atoms with E-state index < -0.39 is 5.97 Å². The molecule has 0 saturated heterocycles. The monoisotopic (exact) mass is 242 g/mol. The lowest BCUT2D eigenvalue weighted by Gasteiger charge is -2.15. The highest BCUT2D eigenvalue weighted by atomic mass is 16.4. The standard InChI is InChI=1S/C12H22N2O3/c1-2-5-12(6-7-12)9-14-11(17)13-8-3-4-10(15)16/h2-9H2,1H3,(H,15,16)(H2,13,14,17). The van der Waals surface area contributed by atoms with Crippen molar-refractivity contribution in [1.82, 2.24) is 10.6 Å². The number of carboxylic acid groups (broad SMARTS) is 1. The van der Waals surface area contributed by atoms with E-state index in [0.29, 0.717) is 18.4 Å². The van der Waals surface area contributed by atoms with Gasteiger partial charge in [-0.15, -0.1) is 0 Å². The Kier molecular flexibility index (Phi) is 5.25. The van der Waals surface area contributed by atoms with Crippen LogP contribution in [0.4, 0.5) is 4.79 Å². The van der Waals surface area contributed by atoms with E-state index >= 15 is 0 Å². The number of carbonyl (C=O) groups is 2. The summed E-state index contributed by atoms with van der Waals surface area (Å²) in [7, 11) is 0. The summed E-state index contributed by atoms with van der Waals surface area (Å²) >= 11 is 0. The molecule has 3 N–H and O–H groups in total. The second-order valence-electron chi connectivity index (χ2n) is 4.86. The summed E-state index contributed by atoms with van der Waals surface area (Å²) in [6.45, 7) is 3.32. The maximum absolute atomic E-state index is 11.4. The summed E-state index contributed by atoms with van der Waals surface area (Å²) in [6.07, 6.45) is 5.32. The topological polar surface area (TPSA) is 78.4 Å². The molecular formula is C12H22N2O3. The van der Waals surface area contributed by atoms with Gasteiger partial charge in [-0.1, -0.05) is 13.3 Å². The summed E-state index contributed by atoms with van der Waals surface area (Å²) in [5.74, 6) is -0.827. The molecule has 0 aromatic carbocycles. The average molecular weight is 242 g/mol. The normalized spacial score (nSPS) is 16.3. The van der Waals surface area contributed by atoms with Gasteiger partial charge in [0.05, 0.1) is 0 Å². The van der Waals surface area contributed by atoms with E-state index in [1.807, 2.05) is 0 Å². The van der Waals surface area contributed by atoms with Crippen molar-refractivity contribution in [3.8, 4) is 0 Å². The molecule has 0 atom stereocenters. The SMILES string of the molecule is CCCC1(CNC(=O)NCCCC(=O)O)CC1. The summed E-state index contributed by atoms with van der Waals surface area (Å²) in [5.41, 5.74) is 0.354. The van der Waals surface area contributed by atoms with Crippen LogP contribution in [0.25, 0.3) is 0 Å². The Morgan fingerprint density at radius 1 is 1.29 bits per heavy atom. The van der Waals surface area contributed by atoms with Gasteiger partial charge in [0.1, 0.15) is 0 Å². The zero-order valence-corrected chi connectivity index (χ0v) is 10.4. The first-order chi connectivity index (χ1) is 8.08. The number of carboxylic acids is 1. The Bertz CT molecular complexity index is 275. The molecule has 0 unspecified atom stereocenters. The molecule has 0 aromatic rings. The largest absolute Gasteiger partial charge is 0.481 e. The van der Waals surface area contributed by atoms with Crippen molar-refractivity contribution in [1.29, 1.82) is 0 Å². The number of rotatable bonds is 8. The van der Waals surface area contributed by atoms with Crippen molar-refractivity contribution in [2.75, 3.05) is 13.1 Å². The van der Waals surface area contributed by atoms with E-state index in [0.717, 1.165) is 13.0 Å². The molecule has 1 rings (SSSR count). The summed E-state index contributed by atoms with van der Waals surface area (Å²) in [6, 6.07) is -0.183. The van der Waals surface area contributed by atoms with Gasteiger partial charge in [0.15, 0.2) is 0 Å². The Hall–Kier alpha value is -1.26. The predicted molar refractivity (Wildman–Crippen MR) is 64.8 cm³/mol. The maximum atomic E-state index is 11.4. The number of hydrogen-bond donors (Lipinski definition) is 3. The highest BCUT2D eigenvalue weighted by Crippen LogP contribution is 2.48. The molecule has 5 nitrogen and oxygen atoms in total. The summed E-state index contributed by atoms with van der Waals surface area (Å²) in [5, 5.41) is 14.0. The Balaban J connectivity index is 2.03. The number of nitrogens with one attached hydrogen (secondary N) is 2. The average Bonchev–Trinajstić information content (AvgIpc) is 3.03. The quantitative estimate of drug-likeness (QED) is 0.567. The number of aliphatic carboxylic acids is 1. The molecule has 1 saturated carbocycles. The first-order valence-corrected chi connectivity index (χ1v) is 6.31. The molecule has 2 amide bonds. The van der Waals surface area contributed by atoms with Crippen molar-refractivity contribution in [3.05, 3.63) is 0 Å². The minimum Gasteiger partial charge on any atom is -0.481 e. The maximum Gasteiger partial charge on any atom is 0.314 e. The summed E-state index contributed by atoms with van der Waals surface area (Å²) in [4.78, 5) is 21.6. The highest BCUT2D eigenvalue weighted by molar-refractivity contribution is 5.74. The van der Waals surface area contributed by atoms with Crippen molar-refractivity contribution in [2.45, 2.75) is 45.4 Å². The van der Waals surface area contributed by atoms with E-state index in [1.165, 1.54) is 19.3 Å². The van der Waals surface area contributed by atoms with Crippen molar-refractivity contribution >= 4 is 12.0 Å². The zero-order chi connectivity index (χ0) is 12.7. The lowest BCUT2D eigenvalue weighted by Crippen LogP contribution is -2.39. The molecule has 98 valence electrons. The van der Waals surface area contributed by atoms with Crippen LogP contribution in [0.15, 0.2) is 0 Å². The van der Waals surface area contributed by atoms with Crippen LogP contribution in [0.1, 0.15) is 45.4 Å². The van der Waals surface area contributed by atoms with Crippen LogP contribution in [0.5, 0.6) is 0 Å². The molecule has 1 aliphatic carbocycles. The van der Waals surface area contributed by atoms with Crippen molar-refractivity contribution in [2.24, 2.45) is 5.41 Å². The fraction of sp³-hybridized carbons (Fsp3) is 0.833. The molecule has 1 fully saturated rings. The minimum absolute atomic E-state index is 0.0973. The van der Waals surface area contributed by atoms with Gasteiger partial charge in [-0.2, -0.15) is 0 Å². The molecule has 0 aromatic heterocycles. The molecule has 0 heterocycles. The number of carbonyl (C=O) groups excluding carboxylic acids is 1. The van der Waals surface area contributed by atoms with E-state index in [1.54, 1.807) is 0 Å². The van der Waals surface area contributed by atoms with Crippen LogP contribution in [0.3, 0.4) is 0 Å². The van der Waals surface area contributed by atoms with Crippen LogP contribution < -0.4 is 10.6 Å². The minimum atomic E-state index is -0.827. The van der Waals surface area contributed by atoms with E-state index in [-0.39, 0.29) is 12.5 Å². The predicted octanol–water partition coefficient (Wildman–Crippen LogP) is 1.73. The second kappa shape index (κ2) is 6.47. The van der Waals surface area contributed by atoms with Gasteiger partial charge in [-0.25, -0.2) is 4.79 Å². The first kappa shape index (κ1) is 13.8. The number of hydrogen-bond acceptors (Lipinski definition) is 2. The Morgan fingerprint density at radius 3 is 2.53 bits per heavy atom. The highest BCUT2D eigenvalue weighted by Gasteiger charge is 2.41. The van der Waals surface area contributed by atoms with Crippen LogP contribution in [0, 0.1) is 5.41 Å². The fourth-order valence-corrected chi connectivity index (χ4v) is 1.99. The van der Waals surface area contributed by atoms with E-state index in [4.69, 9.17) is 5.11 Å². The van der Waals surface area contributed by atoms with Crippen molar-refractivity contribution in [3.63, 3.8) is 0 Å². The van der Waals surface area contributed by atoms with Crippen LogP contribution >= 0.6 is 0 Å². The van der Waals surface area contributed by atoms with Gasteiger partial charge in [0.25, 0.3) is 0 Å². The first-order valence-electron chi connectivity index (χ1n) is 6.31. The molecule has 0 spiro atoms. The Morgan fingerprint density at radius 2 is 2.00 bits per heavy atom. The van der Waals surface area contributed by atoms with Gasteiger partial charge < -0.3 is 15.7 Å². The van der Waals surface area contributed by atoms with Crippen molar-refractivity contribution < 1.29 is 14.7 Å². The summed E-state index contributed by atoms with van der Waals surface area (Å²) < 4.78 is 0. The number of urea groups is 1. The second-order valence-corrected chi connectivity index (χ2v) is 4.86. The van der Waals surface area contributed by atoms with E-state index in [9.17, 15) is 9.59 Å². The van der Waals surface area contributed by atoms with Gasteiger partial charge in [-0.3, -0.25) is 4.79 Å².